The van der Waals surface area contributed by atoms with E-state index >= 15 is 0 Å². The summed E-state index contributed by atoms with van der Waals surface area (Å²) in [7, 11) is -1.38. The fourth-order valence-electron chi connectivity index (χ4n) is 3.05. The summed E-state index contributed by atoms with van der Waals surface area (Å²) >= 11 is 0. The summed E-state index contributed by atoms with van der Waals surface area (Å²) < 4.78 is 45.6. The topological polar surface area (TPSA) is 99.5 Å². The van der Waals surface area contributed by atoms with Gasteiger partial charge in [0.1, 0.15) is 22.3 Å². The van der Waals surface area contributed by atoms with E-state index in [9.17, 15) is 17.6 Å². The molecular weight excluding hydrogens is 337 g/mol. The highest BCUT2D eigenvalue weighted by Gasteiger charge is 2.53. The van der Waals surface area contributed by atoms with Crippen LogP contribution in [0.3, 0.4) is 0 Å². The maximum absolute atomic E-state index is 13.3. The minimum atomic E-state index is -4.18. The lowest BCUT2D eigenvalue weighted by Gasteiger charge is -2.35. The Morgan fingerprint density at radius 3 is 2.83 bits per heavy atom. The molecule has 0 aromatic heterocycles. The maximum Gasteiger partial charge on any atom is 0.245 e. The van der Waals surface area contributed by atoms with E-state index in [1.165, 1.54) is 14.2 Å². The van der Waals surface area contributed by atoms with Gasteiger partial charge in [-0.25, -0.2) is 12.8 Å². The van der Waals surface area contributed by atoms with Gasteiger partial charge in [0.15, 0.2) is 0 Å². The van der Waals surface area contributed by atoms with Gasteiger partial charge in [-0.15, -0.1) is 0 Å². The number of halogens is 1. The number of amides is 1. The van der Waals surface area contributed by atoms with Crippen molar-refractivity contribution in [1.82, 2.24) is 9.62 Å². The zero-order valence-electron chi connectivity index (χ0n) is 13.4. The standard InChI is InChI=1S/C15H18FN3O4S/c1-18-14(20)15(10-23-2)6-3-7-19(15)24(21,22)13-5-4-12(16)8-11(13)9-17/h4-5,8H,3,6-7,10H2,1-2H3,(H,18,20). The average Bonchev–Trinajstić information content (AvgIpc) is 2.99. The number of ether oxygens (including phenoxy) is 1. The number of likely N-dealkylation sites (N-methyl/N-ethyl adjacent to an activating group) is 1. The first kappa shape index (κ1) is 18.3. The lowest BCUT2D eigenvalue weighted by molar-refractivity contribution is -0.131. The number of nitrogens with one attached hydrogen (secondary N) is 1. The second kappa shape index (κ2) is 6.84. The minimum Gasteiger partial charge on any atom is -0.382 e. The Labute approximate surface area is 140 Å². The smallest absolute Gasteiger partial charge is 0.245 e. The molecule has 0 saturated carbocycles. The normalized spacial score (nSPS) is 21.4. The molecule has 0 bridgehead atoms. The predicted molar refractivity (Wildman–Crippen MR) is 82.9 cm³/mol. The number of nitrogens with zero attached hydrogens (tertiary/aromatic N) is 2. The van der Waals surface area contributed by atoms with Gasteiger partial charge in [-0.3, -0.25) is 4.79 Å². The van der Waals surface area contributed by atoms with Crippen molar-refractivity contribution < 1.29 is 22.3 Å². The second-order valence-electron chi connectivity index (χ2n) is 5.48. The number of methoxy groups -OCH3 is 1. The van der Waals surface area contributed by atoms with Crippen LogP contribution >= 0.6 is 0 Å². The summed E-state index contributed by atoms with van der Waals surface area (Å²) in [5, 5.41) is 11.6. The van der Waals surface area contributed by atoms with Crippen molar-refractivity contribution in [2.45, 2.75) is 23.3 Å². The number of carbonyl (C=O) groups excluding carboxylic acids is 1. The van der Waals surface area contributed by atoms with Crippen molar-refractivity contribution in [2.75, 3.05) is 27.3 Å². The first-order valence-electron chi connectivity index (χ1n) is 7.27. The Morgan fingerprint density at radius 1 is 1.54 bits per heavy atom. The quantitative estimate of drug-likeness (QED) is 0.834. The highest BCUT2D eigenvalue weighted by atomic mass is 32.2. The van der Waals surface area contributed by atoms with Crippen molar-refractivity contribution >= 4 is 15.9 Å². The first-order chi connectivity index (χ1) is 11.3. The van der Waals surface area contributed by atoms with Crippen LogP contribution in [0.2, 0.25) is 0 Å². The molecule has 1 saturated heterocycles. The summed E-state index contributed by atoms with van der Waals surface area (Å²) in [5.74, 6) is -1.19. The highest BCUT2D eigenvalue weighted by molar-refractivity contribution is 7.89. The molecule has 1 aromatic carbocycles. The number of hydrogen-bond donors (Lipinski definition) is 1. The third-order valence-corrected chi connectivity index (χ3v) is 6.12. The number of nitriles is 1. The Balaban J connectivity index is 2.59. The van der Waals surface area contributed by atoms with Gasteiger partial charge in [-0.05, 0) is 31.0 Å². The van der Waals surface area contributed by atoms with Gasteiger partial charge < -0.3 is 10.1 Å². The zero-order chi connectivity index (χ0) is 18.0. The summed E-state index contributed by atoms with van der Waals surface area (Å²) in [5.41, 5.74) is -1.69. The van der Waals surface area contributed by atoms with Crippen LogP contribution in [-0.4, -0.2) is 51.5 Å². The lowest BCUT2D eigenvalue weighted by Crippen LogP contribution is -2.59. The third kappa shape index (κ3) is 2.88. The molecule has 1 aliphatic rings. The molecule has 9 heteroatoms. The Morgan fingerprint density at radius 2 is 2.25 bits per heavy atom. The van der Waals surface area contributed by atoms with Crippen molar-refractivity contribution in [3.8, 4) is 6.07 Å². The average molecular weight is 355 g/mol. The van der Waals surface area contributed by atoms with Crippen molar-refractivity contribution in [2.24, 2.45) is 0 Å². The first-order valence-corrected chi connectivity index (χ1v) is 8.71. The number of benzene rings is 1. The largest absolute Gasteiger partial charge is 0.382 e. The van der Waals surface area contributed by atoms with E-state index in [1.54, 1.807) is 6.07 Å². The van der Waals surface area contributed by atoms with Gasteiger partial charge in [-0.1, -0.05) is 0 Å². The minimum absolute atomic E-state index is 0.112. The summed E-state index contributed by atoms with van der Waals surface area (Å²) in [6.07, 6.45) is 0.766. The fraction of sp³-hybridized carbons (Fsp3) is 0.467. The molecule has 7 nitrogen and oxygen atoms in total. The SMILES string of the molecule is CNC(=O)C1(COC)CCCN1S(=O)(=O)c1ccc(F)cc1C#N. The van der Waals surface area contributed by atoms with Crippen LogP contribution < -0.4 is 5.32 Å². The molecule has 0 aliphatic carbocycles. The molecule has 130 valence electrons. The van der Waals surface area contributed by atoms with Crippen LogP contribution in [0.4, 0.5) is 4.39 Å². The van der Waals surface area contributed by atoms with Crippen LogP contribution in [-0.2, 0) is 19.6 Å². The van der Waals surface area contributed by atoms with Gasteiger partial charge in [-0.2, -0.15) is 9.57 Å². The molecule has 24 heavy (non-hydrogen) atoms. The number of rotatable bonds is 5. The molecule has 1 N–H and O–H groups in total. The van der Waals surface area contributed by atoms with Gasteiger partial charge in [0, 0.05) is 20.7 Å². The zero-order valence-corrected chi connectivity index (χ0v) is 14.2. The van der Waals surface area contributed by atoms with Crippen LogP contribution in [0.25, 0.3) is 0 Å². The van der Waals surface area contributed by atoms with Crippen LogP contribution in [0, 0.1) is 17.1 Å². The van der Waals surface area contributed by atoms with Gasteiger partial charge >= 0.3 is 0 Å². The maximum atomic E-state index is 13.3. The monoisotopic (exact) mass is 355 g/mol. The molecule has 1 aromatic rings. The number of carbonyl (C=O) groups is 1. The van der Waals surface area contributed by atoms with Crippen molar-refractivity contribution in [3.05, 3.63) is 29.6 Å². The molecule has 1 atom stereocenters. The number of sulfonamides is 1. The van der Waals surface area contributed by atoms with Crippen molar-refractivity contribution in [1.29, 1.82) is 5.26 Å². The van der Waals surface area contributed by atoms with E-state index in [0.29, 0.717) is 12.8 Å². The highest BCUT2D eigenvalue weighted by Crippen LogP contribution is 2.36. The molecule has 2 rings (SSSR count). The molecule has 0 spiro atoms. The van der Waals surface area contributed by atoms with Crippen LogP contribution in [0.1, 0.15) is 18.4 Å². The Hall–Kier alpha value is -2.02. The van der Waals surface area contributed by atoms with Gasteiger partial charge in [0.05, 0.1) is 12.2 Å². The predicted octanol–water partition coefficient (Wildman–Crippen LogP) is 0.613. The molecule has 1 heterocycles. The second-order valence-corrected chi connectivity index (χ2v) is 7.31. The molecule has 1 fully saturated rings. The molecular formula is C15H18FN3O4S. The van der Waals surface area contributed by atoms with E-state index in [2.05, 4.69) is 5.32 Å². The van der Waals surface area contributed by atoms with E-state index in [-0.39, 0.29) is 23.6 Å². The van der Waals surface area contributed by atoms with Crippen LogP contribution in [0.15, 0.2) is 23.1 Å². The Bertz CT molecular complexity index is 790. The molecule has 0 radical (unpaired) electrons. The lowest BCUT2D eigenvalue weighted by atomic mass is 9.97. The fourth-order valence-corrected chi connectivity index (χ4v) is 4.96. The molecule has 1 aliphatic heterocycles. The summed E-state index contributed by atoms with van der Waals surface area (Å²) in [6, 6.07) is 4.57. The summed E-state index contributed by atoms with van der Waals surface area (Å²) in [6.45, 7) is -0.00363. The third-order valence-electron chi connectivity index (χ3n) is 4.09. The van der Waals surface area contributed by atoms with Gasteiger partial charge in [0.25, 0.3) is 0 Å². The van der Waals surface area contributed by atoms with E-state index < -0.39 is 27.3 Å². The van der Waals surface area contributed by atoms with Gasteiger partial charge in [0.2, 0.25) is 15.9 Å². The van der Waals surface area contributed by atoms with Crippen molar-refractivity contribution in [3.63, 3.8) is 0 Å². The van der Waals surface area contributed by atoms with E-state index in [1.807, 2.05) is 0 Å². The van der Waals surface area contributed by atoms with E-state index in [0.717, 1.165) is 22.5 Å². The molecule has 1 amide bonds. The van der Waals surface area contributed by atoms with E-state index in [4.69, 9.17) is 10.00 Å². The Kier molecular flexibility index (Phi) is 5.22. The summed E-state index contributed by atoms with van der Waals surface area (Å²) in [4.78, 5) is 12.1. The van der Waals surface area contributed by atoms with Crippen LogP contribution in [0.5, 0.6) is 0 Å². The number of hydrogen-bond acceptors (Lipinski definition) is 5. The molecule has 1 unspecified atom stereocenters.